The maximum Gasteiger partial charge on any atom is 0.223 e. The van der Waals surface area contributed by atoms with E-state index in [0.717, 1.165) is 31.3 Å². The number of benzene rings is 1. The summed E-state index contributed by atoms with van der Waals surface area (Å²) in [5, 5.41) is 3.37. The van der Waals surface area contributed by atoms with Crippen molar-refractivity contribution in [1.82, 2.24) is 15.1 Å². The molecule has 138 valence electrons. The van der Waals surface area contributed by atoms with E-state index in [1.807, 2.05) is 11.8 Å². The number of guanidine groups is 1. The van der Waals surface area contributed by atoms with E-state index in [-0.39, 0.29) is 5.91 Å². The first-order valence-electron chi connectivity index (χ1n) is 9.01. The normalized spacial score (nSPS) is 17.6. The monoisotopic (exact) mass is 362 g/mol. The second-order valence-electron chi connectivity index (χ2n) is 6.50. The van der Waals surface area contributed by atoms with Crippen molar-refractivity contribution in [3.05, 3.63) is 30.3 Å². The first kappa shape index (κ1) is 19.6. The van der Waals surface area contributed by atoms with Gasteiger partial charge in [0.2, 0.25) is 5.91 Å². The molecule has 1 fully saturated rings. The fourth-order valence-electron chi connectivity index (χ4n) is 2.80. The van der Waals surface area contributed by atoms with Crippen LogP contribution in [-0.2, 0) is 4.79 Å². The van der Waals surface area contributed by atoms with Crippen LogP contribution in [0.1, 0.15) is 19.8 Å². The molecule has 6 heteroatoms. The second-order valence-corrected chi connectivity index (χ2v) is 7.59. The molecule has 1 heterocycles. The molecule has 1 aliphatic heterocycles. The number of hydrogen-bond donors (Lipinski definition) is 1. The summed E-state index contributed by atoms with van der Waals surface area (Å²) in [6.45, 7) is 5.54. The molecule has 1 saturated heterocycles. The number of carbonyl (C=O) groups excluding carboxylic acids is 1. The summed E-state index contributed by atoms with van der Waals surface area (Å²) in [5.74, 6) is 2.89. The van der Waals surface area contributed by atoms with E-state index in [0.29, 0.717) is 18.9 Å². The lowest BCUT2D eigenvalue weighted by Crippen LogP contribution is -2.40. The van der Waals surface area contributed by atoms with Gasteiger partial charge in [0.25, 0.3) is 0 Å². The van der Waals surface area contributed by atoms with Crippen LogP contribution in [0.5, 0.6) is 0 Å². The minimum absolute atomic E-state index is 0.123. The number of carbonyl (C=O) groups is 1. The van der Waals surface area contributed by atoms with E-state index in [1.54, 1.807) is 19.0 Å². The molecule has 25 heavy (non-hydrogen) atoms. The highest BCUT2D eigenvalue weighted by atomic mass is 32.2. The molecule has 1 unspecified atom stereocenters. The maximum atomic E-state index is 11.7. The van der Waals surface area contributed by atoms with Crippen molar-refractivity contribution in [2.75, 3.05) is 46.0 Å². The number of nitrogens with zero attached hydrogens (tertiary/aromatic N) is 3. The largest absolute Gasteiger partial charge is 0.357 e. The van der Waals surface area contributed by atoms with Crippen molar-refractivity contribution in [1.29, 1.82) is 0 Å². The van der Waals surface area contributed by atoms with E-state index in [2.05, 4.69) is 52.5 Å². The van der Waals surface area contributed by atoms with E-state index in [1.165, 1.54) is 11.3 Å². The standard InChI is InChI=1S/C19H30N4OS/c1-4-20-19(21-12-10-18(24)22(2)3)23-13-11-16(14-23)15-25-17-8-6-5-7-9-17/h5-9,16H,4,10-15H2,1-3H3,(H,20,21). The Hall–Kier alpha value is -1.69. The predicted octanol–water partition coefficient (Wildman–Crippen LogP) is 2.54. The number of aliphatic imine (C=N–C) groups is 1. The Morgan fingerprint density at radius 1 is 1.36 bits per heavy atom. The fraction of sp³-hybridized carbons (Fsp3) is 0.579. The number of likely N-dealkylation sites (tertiary alicyclic amines) is 1. The van der Waals surface area contributed by atoms with Crippen LogP contribution in [0, 0.1) is 5.92 Å². The summed E-state index contributed by atoms with van der Waals surface area (Å²) in [5.41, 5.74) is 0. The first-order chi connectivity index (χ1) is 12.1. The van der Waals surface area contributed by atoms with Crippen LogP contribution in [-0.4, -0.2) is 67.7 Å². The number of nitrogens with one attached hydrogen (secondary N) is 1. The number of rotatable bonds is 7. The van der Waals surface area contributed by atoms with Crippen LogP contribution in [0.2, 0.25) is 0 Å². The van der Waals surface area contributed by atoms with Crippen LogP contribution in [0.3, 0.4) is 0 Å². The lowest BCUT2D eigenvalue weighted by Gasteiger charge is -2.21. The number of thioether (sulfide) groups is 1. The van der Waals surface area contributed by atoms with Gasteiger partial charge in [-0.1, -0.05) is 18.2 Å². The summed E-state index contributed by atoms with van der Waals surface area (Å²) >= 11 is 1.93. The van der Waals surface area contributed by atoms with Crippen molar-refractivity contribution in [2.24, 2.45) is 10.9 Å². The SMILES string of the molecule is CCNC(=NCCC(=O)N(C)C)N1CCC(CSc2ccccc2)C1. The molecule has 0 spiro atoms. The summed E-state index contributed by atoms with van der Waals surface area (Å²) in [4.78, 5) is 21.6. The quantitative estimate of drug-likeness (QED) is 0.460. The lowest BCUT2D eigenvalue weighted by molar-refractivity contribution is -0.128. The van der Waals surface area contributed by atoms with E-state index in [9.17, 15) is 4.79 Å². The molecule has 5 nitrogen and oxygen atoms in total. The summed E-state index contributed by atoms with van der Waals surface area (Å²) in [6, 6.07) is 10.6. The van der Waals surface area contributed by atoms with Crippen molar-refractivity contribution in [3.8, 4) is 0 Å². The van der Waals surface area contributed by atoms with Crippen LogP contribution >= 0.6 is 11.8 Å². The lowest BCUT2D eigenvalue weighted by atomic mass is 10.2. The zero-order valence-corrected chi connectivity index (χ0v) is 16.4. The molecule has 1 aliphatic rings. The van der Waals surface area contributed by atoms with Crippen LogP contribution in [0.4, 0.5) is 0 Å². The third-order valence-corrected chi connectivity index (χ3v) is 5.48. The minimum atomic E-state index is 0.123. The average molecular weight is 363 g/mol. The smallest absolute Gasteiger partial charge is 0.223 e. The Bertz CT molecular complexity index is 562. The molecule has 1 aromatic carbocycles. The fourth-order valence-corrected chi connectivity index (χ4v) is 3.85. The minimum Gasteiger partial charge on any atom is -0.357 e. The van der Waals surface area contributed by atoms with Gasteiger partial charge < -0.3 is 15.1 Å². The van der Waals surface area contributed by atoms with Gasteiger partial charge in [-0.05, 0) is 31.4 Å². The van der Waals surface area contributed by atoms with Gasteiger partial charge in [-0.25, -0.2) is 0 Å². The van der Waals surface area contributed by atoms with Gasteiger partial charge in [0.15, 0.2) is 5.96 Å². The molecule has 2 rings (SSSR count). The van der Waals surface area contributed by atoms with E-state index < -0.39 is 0 Å². The van der Waals surface area contributed by atoms with Crippen molar-refractivity contribution < 1.29 is 4.79 Å². The van der Waals surface area contributed by atoms with Crippen LogP contribution in [0.15, 0.2) is 40.2 Å². The summed E-state index contributed by atoms with van der Waals surface area (Å²) in [6.07, 6.45) is 1.66. The molecule has 0 aromatic heterocycles. The molecule has 0 aliphatic carbocycles. The Balaban J connectivity index is 1.82. The Labute approximate surface area is 155 Å². The topological polar surface area (TPSA) is 47.9 Å². The molecule has 0 bridgehead atoms. The highest BCUT2D eigenvalue weighted by molar-refractivity contribution is 7.99. The van der Waals surface area contributed by atoms with Gasteiger partial charge in [-0.3, -0.25) is 9.79 Å². The Morgan fingerprint density at radius 3 is 2.80 bits per heavy atom. The number of hydrogen-bond acceptors (Lipinski definition) is 3. The maximum absolute atomic E-state index is 11.7. The molecular formula is C19H30N4OS. The summed E-state index contributed by atoms with van der Waals surface area (Å²) < 4.78 is 0. The first-order valence-corrected chi connectivity index (χ1v) is 10.00. The Kier molecular flexibility index (Phi) is 8.12. The van der Waals surface area contributed by atoms with Crippen LogP contribution < -0.4 is 5.32 Å². The predicted molar refractivity (Wildman–Crippen MR) is 106 cm³/mol. The number of amides is 1. The highest BCUT2D eigenvalue weighted by Crippen LogP contribution is 2.25. The zero-order chi connectivity index (χ0) is 18.1. The molecule has 1 atom stereocenters. The van der Waals surface area contributed by atoms with Gasteiger partial charge in [-0.15, -0.1) is 11.8 Å². The second kappa shape index (κ2) is 10.3. The van der Waals surface area contributed by atoms with E-state index in [4.69, 9.17) is 0 Å². The average Bonchev–Trinajstić information content (AvgIpc) is 3.08. The van der Waals surface area contributed by atoms with Gasteiger partial charge in [0.05, 0.1) is 6.54 Å². The summed E-state index contributed by atoms with van der Waals surface area (Å²) in [7, 11) is 3.57. The molecule has 1 N–H and O–H groups in total. The Morgan fingerprint density at radius 2 is 2.12 bits per heavy atom. The molecule has 0 saturated carbocycles. The van der Waals surface area contributed by atoms with Gasteiger partial charge in [0, 0.05) is 50.8 Å². The van der Waals surface area contributed by atoms with Crippen molar-refractivity contribution >= 4 is 23.6 Å². The third-order valence-electron chi connectivity index (χ3n) is 4.24. The van der Waals surface area contributed by atoms with Crippen molar-refractivity contribution in [3.63, 3.8) is 0 Å². The molecular weight excluding hydrogens is 332 g/mol. The van der Waals surface area contributed by atoms with E-state index >= 15 is 0 Å². The zero-order valence-electron chi connectivity index (χ0n) is 15.6. The van der Waals surface area contributed by atoms with Crippen LogP contribution in [0.25, 0.3) is 0 Å². The highest BCUT2D eigenvalue weighted by Gasteiger charge is 2.24. The molecule has 0 radical (unpaired) electrons. The molecule has 1 aromatic rings. The van der Waals surface area contributed by atoms with Gasteiger partial charge >= 0.3 is 0 Å². The molecule has 1 amide bonds. The van der Waals surface area contributed by atoms with Gasteiger partial charge in [0.1, 0.15) is 0 Å². The third kappa shape index (κ3) is 6.61. The van der Waals surface area contributed by atoms with Crippen molar-refractivity contribution in [2.45, 2.75) is 24.7 Å². The van der Waals surface area contributed by atoms with Gasteiger partial charge in [-0.2, -0.15) is 0 Å².